The molecule has 5 heteroatoms. The third-order valence-corrected chi connectivity index (χ3v) is 5.48. The van der Waals surface area contributed by atoms with Gasteiger partial charge in [0, 0.05) is 5.56 Å². The van der Waals surface area contributed by atoms with Crippen LogP contribution in [0.3, 0.4) is 0 Å². The molecule has 3 nitrogen and oxygen atoms in total. The maximum atomic E-state index is 12.8. The van der Waals surface area contributed by atoms with E-state index in [1.165, 1.54) is 17.3 Å². The topological polar surface area (TPSA) is 37.4 Å². The van der Waals surface area contributed by atoms with E-state index in [1.807, 2.05) is 30.3 Å². The van der Waals surface area contributed by atoms with E-state index in [-0.39, 0.29) is 5.91 Å². The molecule has 0 aliphatic carbocycles. The maximum absolute atomic E-state index is 12.8. The van der Waals surface area contributed by atoms with Gasteiger partial charge in [-0.25, -0.2) is 0 Å². The smallest absolute Gasteiger partial charge is 0.270 e. The highest BCUT2D eigenvalue weighted by molar-refractivity contribution is 8.27. The minimum Gasteiger partial charge on any atom is -0.298 e. The molecule has 132 valence electrons. The molecule has 1 aliphatic heterocycles. The lowest BCUT2D eigenvalue weighted by Crippen LogP contribution is -2.27. The van der Waals surface area contributed by atoms with Crippen LogP contribution in [-0.2, 0) is 11.2 Å². The standard InChI is InChI=1S/C21H19NO2S2/c1-2-3-4-15-9-11-18(12-10-15)22-20(24)19(26-21(22)25)13-16-5-7-17(14-23)8-6-16/h5-14H,2-4H2,1H3/b19-13+. The van der Waals surface area contributed by atoms with Crippen LogP contribution in [0.25, 0.3) is 6.08 Å². The molecule has 1 heterocycles. The lowest BCUT2D eigenvalue weighted by atomic mass is 10.1. The van der Waals surface area contributed by atoms with Crippen LogP contribution in [-0.4, -0.2) is 16.5 Å². The Hall–Kier alpha value is -2.24. The van der Waals surface area contributed by atoms with Gasteiger partial charge < -0.3 is 0 Å². The summed E-state index contributed by atoms with van der Waals surface area (Å²) in [5, 5.41) is 0. The fraction of sp³-hybridized carbons (Fsp3) is 0.190. The van der Waals surface area contributed by atoms with Crippen molar-refractivity contribution in [3.8, 4) is 0 Å². The molecule has 0 spiro atoms. The molecule has 1 fully saturated rings. The van der Waals surface area contributed by atoms with Crippen molar-refractivity contribution in [2.24, 2.45) is 0 Å². The van der Waals surface area contributed by atoms with Crippen LogP contribution in [0.4, 0.5) is 5.69 Å². The highest BCUT2D eigenvalue weighted by Gasteiger charge is 2.33. The van der Waals surface area contributed by atoms with E-state index in [9.17, 15) is 9.59 Å². The summed E-state index contributed by atoms with van der Waals surface area (Å²) in [4.78, 5) is 25.7. The first-order chi connectivity index (χ1) is 12.6. The second-order valence-corrected chi connectivity index (χ2v) is 7.75. The van der Waals surface area contributed by atoms with Gasteiger partial charge in [-0.2, -0.15) is 0 Å². The zero-order valence-corrected chi connectivity index (χ0v) is 16.1. The number of thiocarbonyl (C=S) groups is 1. The molecule has 2 aromatic rings. The number of amides is 1. The van der Waals surface area contributed by atoms with Crippen LogP contribution in [0.15, 0.2) is 53.4 Å². The van der Waals surface area contributed by atoms with Crippen molar-refractivity contribution in [2.75, 3.05) is 4.90 Å². The average molecular weight is 382 g/mol. The molecule has 2 aromatic carbocycles. The van der Waals surface area contributed by atoms with Crippen molar-refractivity contribution in [2.45, 2.75) is 26.2 Å². The van der Waals surface area contributed by atoms with Gasteiger partial charge in [0.15, 0.2) is 4.32 Å². The number of benzene rings is 2. The highest BCUT2D eigenvalue weighted by Crippen LogP contribution is 2.36. The van der Waals surface area contributed by atoms with E-state index in [1.54, 1.807) is 17.0 Å². The first-order valence-corrected chi connectivity index (χ1v) is 9.77. The van der Waals surface area contributed by atoms with Gasteiger partial charge in [0.2, 0.25) is 0 Å². The maximum Gasteiger partial charge on any atom is 0.270 e. The highest BCUT2D eigenvalue weighted by atomic mass is 32.2. The van der Waals surface area contributed by atoms with Gasteiger partial charge in [-0.05, 0) is 42.2 Å². The molecule has 1 aliphatic rings. The van der Waals surface area contributed by atoms with Crippen molar-refractivity contribution >= 4 is 52.3 Å². The van der Waals surface area contributed by atoms with Crippen molar-refractivity contribution < 1.29 is 9.59 Å². The summed E-state index contributed by atoms with van der Waals surface area (Å²) < 4.78 is 0.534. The second kappa shape index (κ2) is 8.43. The zero-order valence-electron chi connectivity index (χ0n) is 14.5. The summed E-state index contributed by atoms with van der Waals surface area (Å²) in [6, 6.07) is 15.1. The molecule has 0 radical (unpaired) electrons. The average Bonchev–Trinajstić information content (AvgIpc) is 2.94. The van der Waals surface area contributed by atoms with E-state index >= 15 is 0 Å². The number of aryl methyl sites for hydroxylation is 1. The van der Waals surface area contributed by atoms with Crippen molar-refractivity contribution in [3.05, 3.63) is 70.1 Å². The molecule has 3 rings (SSSR count). The molecule has 1 amide bonds. The Bertz CT molecular complexity index is 855. The van der Waals surface area contributed by atoms with E-state index in [0.717, 1.165) is 36.8 Å². The first-order valence-electron chi connectivity index (χ1n) is 8.54. The lowest BCUT2D eigenvalue weighted by molar-refractivity contribution is -0.113. The fourth-order valence-corrected chi connectivity index (χ4v) is 4.00. The Labute approximate surface area is 163 Å². The van der Waals surface area contributed by atoms with Crippen LogP contribution in [0, 0.1) is 0 Å². The Balaban J connectivity index is 1.79. The summed E-state index contributed by atoms with van der Waals surface area (Å²) >= 11 is 6.72. The number of rotatable bonds is 6. The Morgan fingerprint density at radius 2 is 1.69 bits per heavy atom. The molecule has 0 aromatic heterocycles. The van der Waals surface area contributed by atoms with Crippen molar-refractivity contribution in [1.82, 2.24) is 0 Å². The quantitative estimate of drug-likeness (QED) is 0.389. The summed E-state index contributed by atoms with van der Waals surface area (Å²) in [6.07, 6.45) is 5.98. The summed E-state index contributed by atoms with van der Waals surface area (Å²) in [5.41, 5.74) is 3.54. The van der Waals surface area contributed by atoms with E-state index in [2.05, 4.69) is 19.1 Å². The zero-order chi connectivity index (χ0) is 18.5. The molecule has 1 saturated heterocycles. The minimum absolute atomic E-state index is 0.110. The fourth-order valence-electron chi connectivity index (χ4n) is 2.71. The van der Waals surface area contributed by atoms with Crippen molar-refractivity contribution in [1.29, 1.82) is 0 Å². The minimum atomic E-state index is -0.110. The van der Waals surface area contributed by atoms with Gasteiger partial charge in [-0.1, -0.05) is 73.7 Å². The first kappa shape index (κ1) is 18.5. The van der Waals surface area contributed by atoms with Gasteiger partial charge in [0.25, 0.3) is 5.91 Å². The van der Waals surface area contributed by atoms with Gasteiger partial charge in [0.1, 0.15) is 6.29 Å². The SMILES string of the molecule is CCCCc1ccc(N2C(=O)/C(=C\c3ccc(C=O)cc3)SC2=S)cc1. The Morgan fingerprint density at radius 1 is 1.04 bits per heavy atom. The third-order valence-electron chi connectivity index (χ3n) is 4.18. The van der Waals surface area contributed by atoms with Crippen LogP contribution in [0.1, 0.15) is 41.3 Å². The number of aldehydes is 1. The monoisotopic (exact) mass is 381 g/mol. The van der Waals surface area contributed by atoms with Crippen LogP contribution < -0.4 is 4.90 Å². The lowest BCUT2D eigenvalue weighted by Gasteiger charge is -2.15. The number of carbonyl (C=O) groups is 2. The van der Waals surface area contributed by atoms with E-state index < -0.39 is 0 Å². The number of anilines is 1. The molecular formula is C21H19NO2S2. The molecule has 0 unspecified atom stereocenters. The Morgan fingerprint density at radius 3 is 2.31 bits per heavy atom. The molecule has 0 saturated carbocycles. The van der Waals surface area contributed by atoms with Crippen LogP contribution >= 0.6 is 24.0 Å². The van der Waals surface area contributed by atoms with Gasteiger partial charge >= 0.3 is 0 Å². The van der Waals surface area contributed by atoms with Gasteiger partial charge in [-0.3, -0.25) is 14.5 Å². The number of hydrogen-bond acceptors (Lipinski definition) is 4. The largest absolute Gasteiger partial charge is 0.298 e. The van der Waals surface area contributed by atoms with Crippen LogP contribution in [0.2, 0.25) is 0 Å². The second-order valence-electron chi connectivity index (χ2n) is 6.07. The molecule has 0 N–H and O–H groups in total. The number of carbonyl (C=O) groups excluding carboxylic acids is 2. The van der Waals surface area contributed by atoms with E-state index in [4.69, 9.17) is 12.2 Å². The third kappa shape index (κ3) is 4.11. The predicted molar refractivity (Wildman–Crippen MR) is 113 cm³/mol. The predicted octanol–water partition coefficient (Wildman–Crippen LogP) is 5.25. The Kier molecular flexibility index (Phi) is 6.01. The number of thioether (sulfide) groups is 1. The summed E-state index contributed by atoms with van der Waals surface area (Å²) in [7, 11) is 0. The number of nitrogens with zero attached hydrogens (tertiary/aromatic N) is 1. The summed E-state index contributed by atoms with van der Waals surface area (Å²) in [6.45, 7) is 2.17. The molecule has 0 atom stereocenters. The normalized spacial score (nSPS) is 15.7. The molecule has 26 heavy (non-hydrogen) atoms. The van der Waals surface area contributed by atoms with Gasteiger partial charge in [0.05, 0.1) is 10.6 Å². The molecular weight excluding hydrogens is 362 g/mol. The molecule has 0 bridgehead atoms. The van der Waals surface area contributed by atoms with E-state index in [0.29, 0.717) is 14.8 Å². The summed E-state index contributed by atoms with van der Waals surface area (Å²) in [5.74, 6) is -0.110. The van der Waals surface area contributed by atoms with Gasteiger partial charge in [-0.15, -0.1) is 0 Å². The van der Waals surface area contributed by atoms with Crippen LogP contribution in [0.5, 0.6) is 0 Å². The number of unbranched alkanes of at least 4 members (excludes halogenated alkanes) is 1. The number of hydrogen-bond donors (Lipinski definition) is 0. The van der Waals surface area contributed by atoms with Crippen molar-refractivity contribution in [3.63, 3.8) is 0 Å².